The minimum atomic E-state index is -0.217. The van der Waals surface area contributed by atoms with Crippen molar-refractivity contribution in [1.29, 1.82) is 0 Å². The predicted octanol–water partition coefficient (Wildman–Crippen LogP) is 2.95. The van der Waals surface area contributed by atoms with E-state index in [4.69, 9.17) is 4.74 Å². The van der Waals surface area contributed by atoms with E-state index < -0.39 is 0 Å². The molecule has 2 heterocycles. The van der Waals surface area contributed by atoms with Crippen LogP contribution in [0.5, 0.6) is 5.75 Å². The molecule has 2 N–H and O–H groups in total. The summed E-state index contributed by atoms with van der Waals surface area (Å²) >= 11 is 0. The number of aromatic nitrogens is 4. The van der Waals surface area contributed by atoms with Crippen LogP contribution in [0.3, 0.4) is 0 Å². The third-order valence-corrected chi connectivity index (χ3v) is 3.77. The molecule has 0 radical (unpaired) electrons. The number of aromatic amines is 1. The summed E-state index contributed by atoms with van der Waals surface area (Å²) in [6, 6.07) is 11.4. The lowest BCUT2D eigenvalue weighted by molar-refractivity contribution is -0.119. The van der Waals surface area contributed by atoms with Crippen LogP contribution in [0, 0.1) is 5.92 Å². The van der Waals surface area contributed by atoms with Gasteiger partial charge in [0.15, 0.2) is 5.82 Å². The van der Waals surface area contributed by atoms with Crippen molar-refractivity contribution in [3.63, 3.8) is 0 Å². The molecule has 0 aliphatic heterocycles. The van der Waals surface area contributed by atoms with Crippen molar-refractivity contribution in [2.24, 2.45) is 5.92 Å². The Balaban J connectivity index is 1.61. The lowest BCUT2D eigenvalue weighted by atomic mass is 10.1. The quantitative estimate of drug-likeness (QED) is 0.693. The minimum absolute atomic E-state index is 0.0970. The second-order valence-electron chi connectivity index (χ2n) is 5.74. The molecule has 3 rings (SSSR count). The Labute approximate surface area is 146 Å². The van der Waals surface area contributed by atoms with Crippen LogP contribution in [0.25, 0.3) is 11.3 Å². The Bertz CT molecular complexity index is 808. The van der Waals surface area contributed by atoms with Gasteiger partial charge >= 0.3 is 0 Å². The molecule has 2 aromatic heterocycles. The second-order valence-corrected chi connectivity index (χ2v) is 5.74. The third-order valence-electron chi connectivity index (χ3n) is 3.77. The van der Waals surface area contributed by atoms with Crippen LogP contribution in [0.1, 0.15) is 13.8 Å². The Hall–Kier alpha value is -3.09. The highest BCUT2D eigenvalue weighted by atomic mass is 16.5. The number of anilines is 1. The summed E-state index contributed by atoms with van der Waals surface area (Å²) in [5, 5.41) is 14.0. The van der Waals surface area contributed by atoms with Gasteiger partial charge < -0.3 is 10.1 Å². The zero-order valence-corrected chi connectivity index (χ0v) is 14.3. The van der Waals surface area contributed by atoms with Gasteiger partial charge in [-0.15, -0.1) is 0 Å². The van der Waals surface area contributed by atoms with Gasteiger partial charge in [-0.05, 0) is 42.8 Å². The van der Waals surface area contributed by atoms with Crippen LogP contribution in [-0.2, 0) is 11.3 Å². The molecule has 130 valence electrons. The molecular formula is C18H21N5O2. The first-order valence-corrected chi connectivity index (χ1v) is 8.22. The Morgan fingerprint density at radius 3 is 2.84 bits per heavy atom. The maximum Gasteiger partial charge on any atom is 0.230 e. The monoisotopic (exact) mass is 339 g/mol. The van der Waals surface area contributed by atoms with Gasteiger partial charge in [0, 0.05) is 18.5 Å². The number of carbonyl (C=O) groups excluding carboxylic acids is 1. The van der Waals surface area contributed by atoms with Crippen LogP contribution in [0.4, 0.5) is 5.82 Å². The van der Waals surface area contributed by atoms with Gasteiger partial charge in [0.05, 0.1) is 24.8 Å². The number of rotatable bonds is 7. The molecular weight excluding hydrogens is 318 g/mol. The van der Waals surface area contributed by atoms with E-state index in [0.29, 0.717) is 19.0 Å². The molecule has 1 unspecified atom stereocenters. The average molecular weight is 339 g/mol. The fourth-order valence-corrected chi connectivity index (χ4v) is 2.45. The summed E-state index contributed by atoms with van der Waals surface area (Å²) in [6.45, 7) is 4.97. The fraction of sp³-hybridized carbons (Fsp3) is 0.278. The van der Waals surface area contributed by atoms with Gasteiger partial charge in [0.25, 0.3) is 0 Å². The SMILES string of the molecule is CCOc1ccc(-c2cc(NC(=O)C(C)Cn3cccn3)n[nH]2)cc1. The Morgan fingerprint density at radius 2 is 2.16 bits per heavy atom. The zero-order chi connectivity index (χ0) is 17.6. The molecule has 0 fully saturated rings. The first-order valence-electron chi connectivity index (χ1n) is 8.22. The van der Waals surface area contributed by atoms with Crippen molar-refractivity contribution in [2.45, 2.75) is 20.4 Å². The molecule has 0 spiro atoms. The van der Waals surface area contributed by atoms with E-state index in [1.54, 1.807) is 10.9 Å². The van der Waals surface area contributed by atoms with E-state index in [9.17, 15) is 4.79 Å². The van der Waals surface area contributed by atoms with E-state index in [1.807, 2.05) is 56.4 Å². The van der Waals surface area contributed by atoms with Crippen molar-refractivity contribution >= 4 is 11.7 Å². The minimum Gasteiger partial charge on any atom is -0.494 e. The summed E-state index contributed by atoms with van der Waals surface area (Å²) in [6.07, 6.45) is 3.53. The number of hydrogen-bond acceptors (Lipinski definition) is 4. The zero-order valence-electron chi connectivity index (χ0n) is 14.3. The first kappa shape index (κ1) is 16.8. The first-order chi connectivity index (χ1) is 12.2. The van der Waals surface area contributed by atoms with Gasteiger partial charge in [0.1, 0.15) is 5.75 Å². The summed E-state index contributed by atoms with van der Waals surface area (Å²) in [4.78, 5) is 12.3. The number of carbonyl (C=O) groups is 1. The standard InChI is InChI=1S/C18H21N5O2/c1-3-25-15-7-5-14(6-8-15)16-11-17(22-21-16)20-18(24)13(2)12-23-10-4-9-19-23/h4-11,13H,3,12H2,1-2H3,(H2,20,21,22,24). The van der Waals surface area contributed by atoms with E-state index in [0.717, 1.165) is 17.0 Å². The van der Waals surface area contributed by atoms with Crippen molar-refractivity contribution in [3.05, 3.63) is 48.8 Å². The smallest absolute Gasteiger partial charge is 0.230 e. The van der Waals surface area contributed by atoms with Crippen molar-refractivity contribution in [2.75, 3.05) is 11.9 Å². The lowest BCUT2D eigenvalue weighted by Gasteiger charge is -2.10. The molecule has 1 amide bonds. The number of H-pyrrole nitrogens is 1. The van der Waals surface area contributed by atoms with Gasteiger partial charge in [0.2, 0.25) is 5.91 Å². The van der Waals surface area contributed by atoms with Crippen LogP contribution in [-0.4, -0.2) is 32.5 Å². The van der Waals surface area contributed by atoms with Gasteiger partial charge in [-0.25, -0.2) is 0 Å². The van der Waals surface area contributed by atoms with E-state index in [1.165, 1.54) is 0 Å². The highest BCUT2D eigenvalue weighted by molar-refractivity contribution is 5.91. The summed E-state index contributed by atoms with van der Waals surface area (Å²) < 4.78 is 7.17. The molecule has 0 aliphatic rings. The number of nitrogens with one attached hydrogen (secondary N) is 2. The largest absolute Gasteiger partial charge is 0.494 e. The molecule has 0 saturated carbocycles. The summed E-state index contributed by atoms with van der Waals surface area (Å²) in [5.74, 6) is 1.01. The maximum absolute atomic E-state index is 12.3. The molecule has 1 atom stereocenters. The average Bonchev–Trinajstić information content (AvgIpc) is 3.28. The number of nitrogens with zero attached hydrogens (tertiary/aromatic N) is 3. The summed E-state index contributed by atoms with van der Waals surface area (Å²) in [5.41, 5.74) is 1.80. The van der Waals surface area contributed by atoms with Crippen molar-refractivity contribution < 1.29 is 9.53 Å². The lowest BCUT2D eigenvalue weighted by Crippen LogP contribution is -2.24. The molecule has 7 nitrogen and oxygen atoms in total. The molecule has 3 aromatic rings. The van der Waals surface area contributed by atoms with Crippen LogP contribution in [0.15, 0.2) is 48.8 Å². The van der Waals surface area contributed by atoms with Crippen molar-refractivity contribution in [1.82, 2.24) is 20.0 Å². The fourth-order valence-electron chi connectivity index (χ4n) is 2.45. The number of amides is 1. The second kappa shape index (κ2) is 7.65. The Kier molecular flexibility index (Phi) is 5.13. The molecule has 7 heteroatoms. The normalized spacial score (nSPS) is 11.9. The van der Waals surface area contributed by atoms with Crippen LogP contribution in [0.2, 0.25) is 0 Å². The Morgan fingerprint density at radius 1 is 1.36 bits per heavy atom. The summed E-state index contributed by atoms with van der Waals surface area (Å²) in [7, 11) is 0. The molecule has 0 saturated heterocycles. The molecule has 1 aromatic carbocycles. The third kappa shape index (κ3) is 4.26. The van der Waals surface area contributed by atoms with Crippen molar-refractivity contribution in [3.8, 4) is 17.0 Å². The number of hydrogen-bond donors (Lipinski definition) is 2. The molecule has 25 heavy (non-hydrogen) atoms. The predicted molar refractivity (Wildman–Crippen MR) is 95.2 cm³/mol. The van der Waals surface area contributed by atoms with E-state index >= 15 is 0 Å². The number of ether oxygens (including phenoxy) is 1. The highest BCUT2D eigenvalue weighted by Crippen LogP contribution is 2.23. The topological polar surface area (TPSA) is 84.8 Å². The van der Waals surface area contributed by atoms with Gasteiger partial charge in [-0.3, -0.25) is 14.6 Å². The van der Waals surface area contributed by atoms with E-state index in [-0.39, 0.29) is 11.8 Å². The highest BCUT2D eigenvalue weighted by Gasteiger charge is 2.15. The molecule has 0 aliphatic carbocycles. The number of benzene rings is 1. The maximum atomic E-state index is 12.3. The van der Waals surface area contributed by atoms with Crippen LogP contribution >= 0.6 is 0 Å². The van der Waals surface area contributed by atoms with Gasteiger partial charge in [-0.2, -0.15) is 10.2 Å². The molecule has 0 bridgehead atoms. The van der Waals surface area contributed by atoms with Gasteiger partial charge in [-0.1, -0.05) is 6.92 Å². The van der Waals surface area contributed by atoms with E-state index in [2.05, 4.69) is 20.6 Å². The van der Waals surface area contributed by atoms with Crippen LogP contribution < -0.4 is 10.1 Å².